The summed E-state index contributed by atoms with van der Waals surface area (Å²) < 4.78 is 8.84. The summed E-state index contributed by atoms with van der Waals surface area (Å²) in [5, 5.41) is 2.38. The molecule has 0 N–H and O–H groups in total. The molecule has 1 aliphatic carbocycles. The van der Waals surface area contributed by atoms with E-state index in [1.807, 2.05) is 24.7 Å². The third-order valence-corrected chi connectivity index (χ3v) is 9.29. The second kappa shape index (κ2) is 10.4. The standard InChI is InChI=1S/C38H37N5O/c1-38(2,3)26-17-20-40-37(21-26)43-33-14-7-6-13-31(33)32-16-15-30(23-35(32)43)44-29-12-8-11-28(22-29)42-25-41(27-9-4-5-10-27)36-24-39-19-18-34(36)42/h6-8,11-24,27H,4-5,9-10,25H2,1-3H3. The fraction of sp³-hybridized carbons (Fsp3) is 0.263. The summed E-state index contributed by atoms with van der Waals surface area (Å²) in [4.78, 5) is 14.2. The lowest BCUT2D eigenvalue weighted by Crippen LogP contribution is -2.35. The Hall–Kier alpha value is -4.84. The Bertz CT molecular complexity index is 2000. The van der Waals surface area contributed by atoms with Gasteiger partial charge in [-0.25, -0.2) is 4.98 Å². The zero-order valence-corrected chi connectivity index (χ0v) is 25.6. The van der Waals surface area contributed by atoms with Gasteiger partial charge < -0.3 is 14.5 Å². The molecule has 2 aliphatic rings. The van der Waals surface area contributed by atoms with E-state index in [-0.39, 0.29) is 5.41 Å². The summed E-state index contributed by atoms with van der Waals surface area (Å²) in [5.41, 5.74) is 7.04. The highest BCUT2D eigenvalue weighted by atomic mass is 16.5. The zero-order chi connectivity index (χ0) is 29.8. The predicted molar refractivity (Wildman–Crippen MR) is 180 cm³/mol. The maximum atomic E-state index is 6.58. The molecule has 0 spiro atoms. The molecule has 1 aliphatic heterocycles. The highest BCUT2D eigenvalue weighted by Crippen LogP contribution is 2.44. The van der Waals surface area contributed by atoms with Gasteiger partial charge in [0.25, 0.3) is 0 Å². The van der Waals surface area contributed by atoms with Crippen LogP contribution >= 0.6 is 0 Å². The van der Waals surface area contributed by atoms with E-state index in [9.17, 15) is 0 Å². The Kier molecular flexibility index (Phi) is 6.33. The third-order valence-electron chi connectivity index (χ3n) is 9.29. The maximum absolute atomic E-state index is 6.58. The fourth-order valence-electron chi connectivity index (χ4n) is 7.00. The Morgan fingerprint density at radius 1 is 0.750 bits per heavy atom. The molecule has 0 saturated heterocycles. The van der Waals surface area contributed by atoms with Gasteiger partial charge in [0.2, 0.25) is 0 Å². The highest BCUT2D eigenvalue weighted by molar-refractivity contribution is 6.09. The van der Waals surface area contributed by atoms with E-state index in [1.54, 1.807) is 0 Å². The minimum absolute atomic E-state index is 0.0240. The second-order valence-corrected chi connectivity index (χ2v) is 13.1. The Labute approximate surface area is 258 Å². The number of para-hydroxylation sites is 1. The van der Waals surface area contributed by atoms with Gasteiger partial charge in [-0.15, -0.1) is 0 Å². The number of rotatable bonds is 5. The van der Waals surface area contributed by atoms with Gasteiger partial charge in [0.1, 0.15) is 17.3 Å². The smallest absolute Gasteiger partial charge is 0.137 e. The molecule has 6 aromatic rings. The van der Waals surface area contributed by atoms with Crippen LogP contribution in [-0.4, -0.2) is 27.2 Å². The molecule has 44 heavy (non-hydrogen) atoms. The zero-order valence-electron chi connectivity index (χ0n) is 25.6. The summed E-state index contributed by atoms with van der Waals surface area (Å²) in [6.45, 7) is 7.55. The number of ether oxygens (including phenoxy) is 1. The summed E-state index contributed by atoms with van der Waals surface area (Å²) >= 11 is 0. The molecule has 3 aromatic heterocycles. The Morgan fingerprint density at radius 2 is 1.57 bits per heavy atom. The van der Waals surface area contributed by atoms with E-state index < -0.39 is 0 Å². The van der Waals surface area contributed by atoms with Crippen molar-refractivity contribution in [2.75, 3.05) is 16.5 Å². The second-order valence-electron chi connectivity index (χ2n) is 13.1. The average molecular weight is 580 g/mol. The van der Waals surface area contributed by atoms with Crippen LogP contribution in [0.1, 0.15) is 52.0 Å². The van der Waals surface area contributed by atoms with Crippen LogP contribution in [0.25, 0.3) is 27.6 Å². The van der Waals surface area contributed by atoms with Gasteiger partial charge in [-0.3, -0.25) is 9.55 Å². The van der Waals surface area contributed by atoms with Crippen molar-refractivity contribution in [3.63, 3.8) is 0 Å². The first-order valence-corrected chi connectivity index (χ1v) is 15.7. The van der Waals surface area contributed by atoms with E-state index in [2.05, 4.69) is 119 Å². The number of pyridine rings is 2. The quantitative estimate of drug-likeness (QED) is 0.204. The van der Waals surface area contributed by atoms with Gasteiger partial charge in [-0.1, -0.05) is 57.9 Å². The van der Waals surface area contributed by atoms with Crippen molar-refractivity contribution in [1.82, 2.24) is 14.5 Å². The van der Waals surface area contributed by atoms with Crippen LogP contribution < -0.4 is 14.5 Å². The molecule has 0 amide bonds. The van der Waals surface area contributed by atoms with Gasteiger partial charge in [0, 0.05) is 47.0 Å². The van der Waals surface area contributed by atoms with Crippen LogP contribution in [0.15, 0.2) is 104 Å². The molecule has 220 valence electrons. The third kappa shape index (κ3) is 4.57. The molecule has 3 aromatic carbocycles. The maximum Gasteiger partial charge on any atom is 0.137 e. The van der Waals surface area contributed by atoms with Crippen LogP contribution in [0, 0.1) is 0 Å². The van der Waals surface area contributed by atoms with Crippen LogP contribution in [0.4, 0.5) is 17.1 Å². The number of anilines is 3. The van der Waals surface area contributed by atoms with Crippen molar-refractivity contribution in [1.29, 1.82) is 0 Å². The van der Waals surface area contributed by atoms with Crippen molar-refractivity contribution in [2.45, 2.75) is 57.9 Å². The van der Waals surface area contributed by atoms with E-state index in [0.717, 1.165) is 40.7 Å². The monoisotopic (exact) mass is 579 g/mol. The van der Waals surface area contributed by atoms with E-state index in [4.69, 9.17) is 9.72 Å². The average Bonchev–Trinajstić information content (AvgIpc) is 3.77. The Balaban J connectivity index is 1.16. The minimum atomic E-state index is 0.0240. The number of hydrogen-bond donors (Lipinski definition) is 0. The van der Waals surface area contributed by atoms with Crippen LogP contribution in [0.3, 0.4) is 0 Å². The normalized spacial score (nSPS) is 15.4. The number of benzene rings is 3. The van der Waals surface area contributed by atoms with Crippen molar-refractivity contribution >= 4 is 38.9 Å². The van der Waals surface area contributed by atoms with Gasteiger partial charge in [-0.2, -0.15) is 0 Å². The number of aromatic nitrogens is 3. The van der Waals surface area contributed by atoms with E-state index in [1.165, 1.54) is 53.4 Å². The summed E-state index contributed by atoms with van der Waals surface area (Å²) in [7, 11) is 0. The summed E-state index contributed by atoms with van der Waals surface area (Å²) in [6.07, 6.45) is 11.0. The predicted octanol–water partition coefficient (Wildman–Crippen LogP) is 9.52. The first kappa shape index (κ1) is 26.8. The van der Waals surface area contributed by atoms with Gasteiger partial charge in [0.05, 0.1) is 35.3 Å². The number of nitrogens with zero attached hydrogens (tertiary/aromatic N) is 5. The molecule has 4 heterocycles. The molecule has 0 radical (unpaired) electrons. The molecule has 1 saturated carbocycles. The topological polar surface area (TPSA) is 46.4 Å². The largest absolute Gasteiger partial charge is 0.457 e. The van der Waals surface area contributed by atoms with Crippen molar-refractivity contribution in [3.8, 4) is 17.3 Å². The summed E-state index contributed by atoms with van der Waals surface area (Å²) in [5.74, 6) is 2.52. The number of hydrogen-bond acceptors (Lipinski definition) is 5. The highest BCUT2D eigenvalue weighted by Gasteiger charge is 2.33. The molecular weight excluding hydrogens is 542 g/mol. The van der Waals surface area contributed by atoms with E-state index in [0.29, 0.717) is 6.04 Å². The molecule has 6 heteroatoms. The van der Waals surface area contributed by atoms with Crippen molar-refractivity contribution in [3.05, 3.63) is 109 Å². The van der Waals surface area contributed by atoms with E-state index >= 15 is 0 Å². The van der Waals surface area contributed by atoms with Crippen LogP contribution in [0.2, 0.25) is 0 Å². The first-order chi connectivity index (χ1) is 21.4. The molecule has 8 rings (SSSR count). The molecule has 0 bridgehead atoms. The fourth-order valence-corrected chi connectivity index (χ4v) is 7.00. The lowest BCUT2D eigenvalue weighted by atomic mass is 9.88. The molecule has 0 unspecified atom stereocenters. The first-order valence-electron chi connectivity index (χ1n) is 15.7. The lowest BCUT2D eigenvalue weighted by Gasteiger charge is -2.27. The van der Waals surface area contributed by atoms with Crippen LogP contribution in [0.5, 0.6) is 11.5 Å². The minimum Gasteiger partial charge on any atom is -0.457 e. The molecule has 1 fully saturated rings. The molecule has 0 atom stereocenters. The van der Waals surface area contributed by atoms with Crippen molar-refractivity contribution in [2.24, 2.45) is 0 Å². The Morgan fingerprint density at radius 3 is 2.43 bits per heavy atom. The van der Waals surface area contributed by atoms with Crippen LogP contribution in [-0.2, 0) is 5.41 Å². The SMILES string of the molecule is CC(C)(C)c1ccnc(-n2c3ccccc3c3ccc(Oc4cccc(N5CN(C6CCCC6)c6cnccc65)c4)cc32)c1. The van der Waals surface area contributed by atoms with Gasteiger partial charge in [0.15, 0.2) is 0 Å². The summed E-state index contributed by atoms with van der Waals surface area (Å²) in [6, 6.07) is 30.4. The van der Waals surface area contributed by atoms with Crippen molar-refractivity contribution < 1.29 is 4.74 Å². The number of fused-ring (bicyclic) bond motifs is 4. The molecular formula is C38H37N5O. The lowest BCUT2D eigenvalue weighted by molar-refractivity contribution is 0.483. The molecule has 6 nitrogen and oxygen atoms in total. The van der Waals surface area contributed by atoms with Gasteiger partial charge >= 0.3 is 0 Å². The van der Waals surface area contributed by atoms with Gasteiger partial charge in [-0.05, 0) is 72.4 Å².